The van der Waals surface area contributed by atoms with E-state index < -0.39 is 5.60 Å². The Bertz CT molecular complexity index is 763. The monoisotopic (exact) mass is 391 g/mol. The van der Waals surface area contributed by atoms with E-state index in [4.69, 9.17) is 16.3 Å². The van der Waals surface area contributed by atoms with Crippen LogP contribution >= 0.6 is 11.6 Å². The summed E-state index contributed by atoms with van der Waals surface area (Å²) >= 11 is 5.91. The summed E-state index contributed by atoms with van der Waals surface area (Å²) in [7, 11) is 0. The van der Waals surface area contributed by atoms with Crippen molar-refractivity contribution in [1.82, 2.24) is 0 Å². The maximum absolute atomic E-state index is 12.4. The van der Waals surface area contributed by atoms with Gasteiger partial charge in [-0.3, -0.25) is 9.59 Å². The van der Waals surface area contributed by atoms with Gasteiger partial charge in [-0.2, -0.15) is 0 Å². The first kappa shape index (κ1) is 18.8. The molecule has 4 aliphatic rings. The average molecular weight is 392 g/mol. The molecule has 4 aliphatic carbocycles. The van der Waals surface area contributed by atoms with Crippen LogP contribution in [-0.2, 0) is 14.3 Å². The van der Waals surface area contributed by atoms with Gasteiger partial charge in [0, 0.05) is 10.7 Å². The van der Waals surface area contributed by atoms with Crippen molar-refractivity contribution in [2.24, 2.45) is 17.3 Å². The maximum atomic E-state index is 12.4. The van der Waals surface area contributed by atoms with Crippen LogP contribution in [0.4, 0.5) is 5.69 Å². The first-order chi connectivity index (χ1) is 12.7. The van der Waals surface area contributed by atoms with Gasteiger partial charge in [0.2, 0.25) is 0 Å². The number of ether oxygens (including phenoxy) is 1. The summed E-state index contributed by atoms with van der Waals surface area (Å²) in [5, 5.41) is 14.1. The van der Waals surface area contributed by atoms with Crippen LogP contribution in [0.25, 0.3) is 0 Å². The van der Waals surface area contributed by atoms with E-state index in [1.807, 2.05) is 6.92 Å². The van der Waals surface area contributed by atoms with Crippen molar-refractivity contribution in [1.29, 1.82) is 0 Å². The van der Waals surface area contributed by atoms with E-state index in [1.54, 1.807) is 18.2 Å². The van der Waals surface area contributed by atoms with Crippen molar-refractivity contribution < 1.29 is 19.4 Å². The highest BCUT2D eigenvalue weighted by Gasteiger charge is 2.57. The molecule has 27 heavy (non-hydrogen) atoms. The summed E-state index contributed by atoms with van der Waals surface area (Å²) in [6.07, 6.45) is 5.93. The average Bonchev–Trinajstić information content (AvgIpc) is 2.53. The molecule has 6 heteroatoms. The van der Waals surface area contributed by atoms with Crippen LogP contribution in [0.2, 0.25) is 5.02 Å². The summed E-state index contributed by atoms with van der Waals surface area (Å²) in [6.45, 7) is 1.55. The molecule has 4 saturated carbocycles. The molecule has 2 unspecified atom stereocenters. The van der Waals surface area contributed by atoms with Crippen LogP contribution < -0.4 is 5.32 Å². The van der Waals surface area contributed by atoms with Crippen LogP contribution in [0, 0.1) is 24.2 Å². The van der Waals surface area contributed by atoms with E-state index in [1.165, 1.54) is 6.42 Å². The van der Waals surface area contributed by atoms with E-state index in [2.05, 4.69) is 5.32 Å². The second kappa shape index (κ2) is 6.78. The first-order valence-electron chi connectivity index (χ1n) is 9.68. The molecule has 0 saturated heterocycles. The fourth-order valence-electron chi connectivity index (χ4n) is 6.07. The third kappa shape index (κ3) is 3.99. The smallest absolute Gasteiger partial charge is 0.306 e. The van der Waals surface area contributed by atoms with E-state index >= 15 is 0 Å². The Morgan fingerprint density at radius 3 is 2.59 bits per heavy atom. The van der Waals surface area contributed by atoms with Crippen molar-refractivity contribution in [3.05, 3.63) is 28.8 Å². The Kier molecular flexibility index (Phi) is 4.71. The normalized spacial score (nSPS) is 33.7. The highest BCUT2D eigenvalue weighted by Crippen LogP contribution is 2.62. The largest absolute Gasteiger partial charge is 0.456 e. The molecule has 0 aromatic heterocycles. The zero-order valence-corrected chi connectivity index (χ0v) is 16.3. The number of hydrogen-bond donors (Lipinski definition) is 2. The van der Waals surface area contributed by atoms with Gasteiger partial charge in [0.05, 0.1) is 12.0 Å². The molecule has 4 fully saturated rings. The van der Waals surface area contributed by atoms with Gasteiger partial charge in [0.1, 0.15) is 0 Å². The van der Waals surface area contributed by atoms with Gasteiger partial charge in [0.25, 0.3) is 5.91 Å². The predicted molar refractivity (Wildman–Crippen MR) is 102 cm³/mol. The molecule has 0 radical (unpaired) electrons. The lowest BCUT2D eigenvalue weighted by atomic mass is 9.47. The molecule has 4 bridgehead atoms. The number of anilines is 1. The van der Waals surface area contributed by atoms with Gasteiger partial charge in [0.15, 0.2) is 6.61 Å². The lowest BCUT2D eigenvalue weighted by Crippen LogP contribution is -2.56. The SMILES string of the molecule is Cc1cc(Cl)ccc1NC(=O)COC(=O)CC12C[C@@H]3C[C@@H](CC(O)(C3)C1)C2. The number of halogens is 1. The zero-order valence-electron chi connectivity index (χ0n) is 15.6. The molecular weight excluding hydrogens is 366 g/mol. The van der Waals surface area contributed by atoms with Gasteiger partial charge >= 0.3 is 5.97 Å². The number of amides is 1. The zero-order chi connectivity index (χ0) is 19.2. The highest BCUT2D eigenvalue weighted by atomic mass is 35.5. The third-order valence-electron chi connectivity index (χ3n) is 6.50. The van der Waals surface area contributed by atoms with Crippen molar-refractivity contribution in [3.8, 4) is 0 Å². The van der Waals surface area contributed by atoms with Gasteiger partial charge < -0.3 is 15.2 Å². The van der Waals surface area contributed by atoms with E-state index in [-0.39, 0.29) is 23.9 Å². The van der Waals surface area contributed by atoms with Crippen LogP contribution in [0.5, 0.6) is 0 Å². The topological polar surface area (TPSA) is 75.6 Å². The minimum atomic E-state index is -0.589. The molecule has 1 amide bonds. The molecule has 0 heterocycles. The van der Waals surface area contributed by atoms with Crippen molar-refractivity contribution in [2.45, 2.75) is 57.5 Å². The predicted octanol–water partition coefficient (Wildman–Crippen LogP) is 3.85. The number of aryl methyl sites for hydroxylation is 1. The standard InChI is InChI=1S/C21H26ClNO4/c1-13-4-16(22)2-3-17(13)23-18(24)11-27-19(25)10-20-6-14-5-15(7-20)9-21(26,8-14)12-20/h2-4,14-15,26H,5-12H2,1H3,(H,23,24)/t14-,15+,20?,21?. The van der Waals surface area contributed by atoms with Crippen LogP contribution in [0.3, 0.4) is 0 Å². The summed E-state index contributed by atoms with van der Waals surface area (Å²) < 4.78 is 5.25. The van der Waals surface area contributed by atoms with Gasteiger partial charge in [-0.15, -0.1) is 0 Å². The number of carbonyl (C=O) groups is 2. The molecule has 1 aromatic rings. The van der Waals surface area contributed by atoms with Crippen LogP contribution in [-0.4, -0.2) is 29.2 Å². The third-order valence-corrected chi connectivity index (χ3v) is 6.73. The molecule has 146 valence electrons. The van der Waals surface area contributed by atoms with Crippen molar-refractivity contribution in [3.63, 3.8) is 0 Å². The highest BCUT2D eigenvalue weighted by molar-refractivity contribution is 6.30. The molecule has 1 aromatic carbocycles. The second-order valence-electron chi connectivity index (χ2n) is 9.03. The van der Waals surface area contributed by atoms with E-state index in [0.29, 0.717) is 35.4 Å². The lowest BCUT2D eigenvalue weighted by Gasteiger charge is -2.60. The fraction of sp³-hybridized carbons (Fsp3) is 0.619. The van der Waals surface area contributed by atoms with E-state index in [0.717, 1.165) is 31.2 Å². The summed E-state index contributed by atoms with van der Waals surface area (Å²) in [5.41, 5.74) is 0.778. The maximum Gasteiger partial charge on any atom is 0.306 e. The number of nitrogens with one attached hydrogen (secondary N) is 1. The quantitative estimate of drug-likeness (QED) is 0.747. The number of benzene rings is 1. The first-order valence-corrected chi connectivity index (χ1v) is 10.1. The second-order valence-corrected chi connectivity index (χ2v) is 9.47. The molecular formula is C21H26ClNO4. The number of aliphatic hydroxyl groups is 1. The number of hydrogen-bond acceptors (Lipinski definition) is 4. The Balaban J connectivity index is 1.30. The van der Waals surface area contributed by atoms with Gasteiger partial charge in [-0.25, -0.2) is 0 Å². The van der Waals surface area contributed by atoms with Crippen LogP contribution in [0.1, 0.15) is 50.5 Å². The van der Waals surface area contributed by atoms with Crippen molar-refractivity contribution in [2.75, 3.05) is 11.9 Å². The summed E-state index contributed by atoms with van der Waals surface area (Å²) in [4.78, 5) is 24.5. The van der Waals surface area contributed by atoms with E-state index in [9.17, 15) is 14.7 Å². The minimum absolute atomic E-state index is 0.140. The number of rotatable bonds is 5. The van der Waals surface area contributed by atoms with Crippen LogP contribution in [0.15, 0.2) is 18.2 Å². The molecule has 4 atom stereocenters. The fourth-order valence-corrected chi connectivity index (χ4v) is 6.29. The van der Waals surface area contributed by atoms with Crippen molar-refractivity contribution >= 4 is 29.2 Å². The number of esters is 1. The Morgan fingerprint density at radius 1 is 1.26 bits per heavy atom. The lowest BCUT2D eigenvalue weighted by molar-refractivity contribution is -0.177. The Morgan fingerprint density at radius 2 is 1.96 bits per heavy atom. The Hall–Kier alpha value is -1.59. The summed E-state index contributed by atoms with van der Waals surface area (Å²) in [6, 6.07) is 5.20. The molecule has 2 N–H and O–H groups in total. The molecule has 5 nitrogen and oxygen atoms in total. The molecule has 5 rings (SSSR count). The summed E-state index contributed by atoms with van der Waals surface area (Å²) in [5.74, 6) is 0.349. The van der Waals surface area contributed by atoms with Gasteiger partial charge in [-0.05, 0) is 86.5 Å². The Labute approximate surface area is 164 Å². The minimum Gasteiger partial charge on any atom is -0.456 e. The molecule has 0 spiro atoms. The van der Waals surface area contributed by atoms with Gasteiger partial charge in [-0.1, -0.05) is 11.6 Å². The number of carbonyl (C=O) groups excluding carboxylic acids is 2. The molecule has 0 aliphatic heterocycles.